The molecule has 4 unspecified atom stereocenters. The lowest BCUT2D eigenvalue weighted by Crippen LogP contribution is -2.35. The first-order chi connectivity index (χ1) is 8.72. The van der Waals surface area contributed by atoms with E-state index >= 15 is 0 Å². The molecule has 0 amide bonds. The van der Waals surface area contributed by atoms with Crippen molar-refractivity contribution in [3.63, 3.8) is 0 Å². The molecule has 2 fully saturated rings. The van der Waals surface area contributed by atoms with E-state index in [1.54, 1.807) is 0 Å². The van der Waals surface area contributed by atoms with Gasteiger partial charge < -0.3 is 0 Å². The van der Waals surface area contributed by atoms with E-state index in [2.05, 4.69) is 47.8 Å². The number of hydrogen-bond donors (Lipinski definition) is 0. The highest BCUT2D eigenvalue weighted by atomic mass is 14.6. The molecule has 2 aliphatic carbocycles. The zero-order valence-corrected chi connectivity index (χ0v) is 13.7. The zero-order valence-electron chi connectivity index (χ0n) is 13.7. The average molecular weight is 260 g/mol. The van der Waals surface area contributed by atoms with E-state index in [9.17, 15) is 0 Å². The van der Waals surface area contributed by atoms with Gasteiger partial charge in [0.05, 0.1) is 0 Å². The highest BCUT2D eigenvalue weighted by molar-refractivity contribution is 5.28. The summed E-state index contributed by atoms with van der Waals surface area (Å²) < 4.78 is 0. The standard InChI is InChI=1S/C19H32/c1-13(2)16(5)14(3)12-17-9-11-18(6)15(4)8-10-19(17,18)7/h13,15,17H,3,5,8-12H2,1-2,4,6-7H3. The lowest BCUT2D eigenvalue weighted by molar-refractivity contribution is 0.0779. The summed E-state index contributed by atoms with van der Waals surface area (Å²) in [6.45, 7) is 20.6. The van der Waals surface area contributed by atoms with Gasteiger partial charge in [-0.1, -0.05) is 58.9 Å². The zero-order chi connectivity index (χ0) is 14.4. The third-order valence-corrected chi connectivity index (χ3v) is 7.05. The SMILES string of the molecule is C=C(CC1CCC2(C)C(C)CCC12C)C(=C)C(C)C. The maximum atomic E-state index is 4.33. The second-order valence-electron chi connectivity index (χ2n) is 8.00. The summed E-state index contributed by atoms with van der Waals surface area (Å²) in [5, 5.41) is 0. The largest absolute Gasteiger partial charge is 0.0956 e. The van der Waals surface area contributed by atoms with Gasteiger partial charge in [0.25, 0.3) is 0 Å². The van der Waals surface area contributed by atoms with Crippen LogP contribution in [-0.2, 0) is 0 Å². The van der Waals surface area contributed by atoms with Crippen LogP contribution < -0.4 is 0 Å². The van der Waals surface area contributed by atoms with Crippen LogP contribution in [-0.4, -0.2) is 0 Å². The van der Waals surface area contributed by atoms with Crippen molar-refractivity contribution in [2.75, 3.05) is 0 Å². The minimum Gasteiger partial charge on any atom is -0.0956 e. The third-order valence-electron chi connectivity index (χ3n) is 7.05. The minimum atomic E-state index is 0.534. The predicted octanol–water partition coefficient (Wildman–Crippen LogP) is 6.00. The molecule has 0 heteroatoms. The van der Waals surface area contributed by atoms with Crippen molar-refractivity contribution < 1.29 is 0 Å². The monoisotopic (exact) mass is 260 g/mol. The highest BCUT2D eigenvalue weighted by Crippen LogP contribution is 2.68. The van der Waals surface area contributed by atoms with Crippen molar-refractivity contribution in [2.24, 2.45) is 28.6 Å². The molecule has 0 bridgehead atoms. The van der Waals surface area contributed by atoms with E-state index in [1.807, 2.05) is 0 Å². The van der Waals surface area contributed by atoms with Crippen molar-refractivity contribution in [3.05, 3.63) is 24.3 Å². The van der Waals surface area contributed by atoms with Crippen LogP contribution in [0.5, 0.6) is 0 Å². The highest BCUT2D eigenvalue weighted by Gasteiger charge is 2.59. The summed E-state index contributed by atoms with van der Waals surface area (Å²) in [5.41, 5.74) is 3.68. The van der Waals surface area contributed by atoms with Crippen LogP contribution in [0.1, 0.15) is 66.7 Å². The van der Waals surface area contributed by atoms with Gasteiger partial charge in [-0.15, -0.1) is 0 Å². The Morgan fingerprint density at radius 1 is 1.11 bits per heavy atom. The average Bonchev–Trinajstić information content (AvgIpc) is 2.73. The van der Waals surface area contributed by atoms with Crippen LogP contribution >= 0.6 is 0 Å². The Kier molecular flexibility index (Phi) is 3.75. The van der Waals surface area contributed by atoms with E-state index in [-0.39, 0.29) is 0 Å². The van der Waals surface area contributed by atoms with E-state index in [1.165, 1.54) is 43.3 Å². The van der Waals surface area contributed by atoms with E-state index in [4.69, 9.17) is 0 Å². The van der Waals surface area contributed by atoms with Gasteiger partial charge in [-0.2, -0.15) is 0 Å². The van der Waals surface area contributed by atoms with Gasteiger partial charge in [-0.05, 0) is 60.7 Å². The molecular weight excluding hydrogens is 228 g/mol. The maximum absolute atomic E-state index is 4.33. The molecule has 0 saturated heterocycles. The summed E-state index contributed by atoms with van der Waals surface area (Å²) >= 11 is 0. The lowest BCUT2D eigenvalue weighted by atomic mass is 9.63. The molecule has 2 rings (SSSR count). The number of hydrogen-bond acceptors (Lipinski definition) is 0. The molecule has 0 spiro atoms. The van der Waals surface area contributed by atoms with Gasteiger partial charge in [0.1, 0.15) is 0 Å². The van der Waals surface area contributed by atoms with Crippen molar-refractivity contribution in [3.8, 4) is 0 Å². The molecule has 0 aromatic carbocycles. The molecule has 0 aliphatic heterocycles. The Morgan fingerprint density at radius 2 is 1.68 bits per heavy atom. The first kappa shape index (κ1) is 14.9. The first-order valence-electron chi connectivity index (χ1n) is 8.09. The summed E-state index contributed by atoms with van der Waals surface area (Å²) in [6, 6.07) is 0. The Bertz CT molecular complexity index is 389. The summed E-state index contributed by atoms with van der Waals surface area (Å²) in [7, 11) is 0. The molecule has 0 N–H and O–H groups in total. The molecule has 4 atom stereocenters. The van der Waals surface area contributed by atoms with Crippen LogP contribution in [0.15, 0.2) is 24.3 Å². The number of allylic oxidation sites excluding steroid dienone is 2. The minimum absolute atomic E-state index is 0.534. The third kappa shape index (κ3) is 2.12. The second kappa shape index (κ2) is 4.79. The lowest BCUT2D eigenvalue weighted by Gasteiger charge is -2.41. The van der Waals surface area contributed by atoms with Gasteiger partial charge in [-0.25, -0.2) is 0 Å². The fourth-order valence-electron chi connectivity index (χ4n) is 4.84. The summed E-state index contributed by atoms with van der Waals surface area (Å²) in [5.74, 6) is 2.25. The topological polar surface area (TPSA) is 0 Å². The van der Waals surface area contributed by atoms with Crippen LogP contribution in [0.25, 0.3) is 0 Å². The summed E-state index contributed by atoms with van der Waals surface area (Å²) in [6.07, 6.45) is 6.81. The molecule has 0 radical (unpaired) electrons. The Balaban J connectivity index is 2.12. The number of rotatable bonds is 4. The van der Waals surface area contributed by atoms with E-state index < -0.39 is 0 Å². The van der Waals surface area contributed by atoms with Crippen LogP contribution in [0, 0.1) is 28.6 Å². The Labute approximate surface area is 120 Å². The molecule has 0 heterocycles. The second-order valence-corrected chi connectivity index (χ2v) is 8.00. The van der Waals surface area contributed by atoms with Crippen molar-refractivity contribution >= 4 is 0 Å². The molecule has 0 aromatic heterocycles. The summed E-state index contributed by atoms with van der Waals surface area (Å²) in [4.78, 5) is 0. The van der Waals surface area contributed by atoms with Gasteiger partial charge in [0.15, 0.2) is 0 Å². The molecular formula is C19H32. The smallest absolute Gasteiger partial charge is 0.0222 e. The van der Waals surface area contributed by atoms with Gasteiger partial charge in [0, 0.05) is 0 Å². The molecule has 19 heavy (non-hydrogen) atoms. The van der Waals surface area contributed by atoms with Crippen molar-refractivity contribution in [1.29, 1.82) is 0 Å². The van der Waals surface area contributed by atoms with Crippen LogP contribution in [0.2, 0.25) is 0 Å². The molecule has 0 aromatic rings. The van der Waals surface area contributed by atoms with Gasteiger partial charge in [-0.3, -0.25) is 0 Å². The molecule has 0 nitrogen and oxygen atoms in total. The Hall–Kier alpha value is -0.520. The van der Waals surface area contributed by atoms with Gasteiger partial charge >= 0.3 is 0 Å². The Morgan fingerprint density at radius 3 is 2.26 bits per heavy atom. The quantitative estimate of drug-likeness (QED) is 0.544. The fraction of sp³-hybridized carbons (Fsp3) is 0.789. The van der Waals surface area contributed by atoms with Gasteiger partial charge in [0.2, 0.25) is 0 Å². The van der Waals surface area contributed by atoms with E-state index in [0.717, 1.165) is 11.8 Å². The van der Waals surface area contributed by atoms with Crippen LogP contribution in [0.4, 0.5) is 0 Å². The number of fused-ring (bicyclic) bond motifs is 1. The predicted molar refractivity (Wildman–Crippen MR) is 85.1 cm³/mol. The molecule has 2 aliphatic rings. The van der Waals surface area contributed by atoms with Crippen molar-refractivity contribution in [2.45, 2.75) is 66.7 Å². The van der Waals surface area contributed by atoms with Crippen molar-refractivity contribution in [1.82, 2.24) is 0 Å². The fourth-order valence-corrected chi connectivity index (χ4v) is 4.84. The van der Waals surface area contributed by atoms with E-state index in [0.29, 0.717) is 16.7 Å². The normalized spacial score (nSPS) is 41.6. The molecule has 108 valence electrons. The van der Waals surface area contributed by atoms with Crippen LogP contribution in [0.3, 0.4) is 0 Å². The molecule has 2 saturated carbocycles. The first-order valence-corrected chi connectivity index (χ1v) is 8.09. The maximum Gasteiger partial charge on any atom is -0.0222 e.